The smallest absolute Gasteiger partial charge is 0.224 e. The SMILES string of the molecule is COc1cccc(CCNC(=O)[C@@H]2C[C@H](c3ccccc3)N3CCC[C@@H]23)c1. The van der Waals surface area contributed by atoms with Gasteiger partial charge >= 0.3 is 0 Å². The van der Waals surface area contributed by atoms with Crippen molar-refractivity contribution in [3.8, 4) is 5.75 Å². The Bertz CT molecular complexity index is 777. The first-order valence-corrected chi connectivity index (χ1v) is 9.97. The van der Waals surface area contributed by atoms with Crippen molar-refractivity contribution in [2.75, 3.05) is 20.2 Å². The number of carbonyl (C=O) groups excluding carboxylic acids is 1. The van der Waals surface area contributed by atoms with E-state index in [2.05, 4.69) is 46.6 Å². The highest BCUT2D eigenvalue weighted by molar-refractivity contribution is 5.80. The molecule has 2 aliphatic rings. The van der Waals surface area contributed by atoms with Crippen LogP contribution in [0, 0.1) is 5.92 Å². The van der Waals surface area contributed by atoms with Crippen molar-refractivity contribution in [1.29, 1.82) is 0 Å². The van der Waals surface area contributed by atoms with E-state index >= 15 is 0 Å². The Kier molecular flexibility index (Phi) is 5.44. The molecule has 0 spiro atoms. The minimum absolute atomic E-state index is 0.100. The van der Waals surface area contributed by atoms with E-state index in [9.17, 15) is 4.79 Å². The summed E-state index contributed by atoms with van der Waals surface area (Å²) >= 11 is 0. The number of hydrogen-bond acceptors (Lipinski definition) is 3. The topological polar surface area (TPSA) is 41.6 Å². The standard InChI is InChI=1S/C23H28N2O2/c1-27-19-10-5-7-17(15-19)12-13-24-23(26)20-16-22(18-8-3-2-4-9-18)25-14-6-11-21(20)25/h2-5,7-10,15,20-22H,6,11-14,16H2,1H3,(H,24,26)/t20-,21+,22-/m1/s1. The quantitative estimate of drug-likeness (QED) is 0.852. The second kappa shape index (κ2) is 8.13. The molecule has 4 rings (SSSR count). The third-order valence-electron chi connectivity index (χ3n) is 6.05. The number of nitrogens with one attached hydrogen (secondary N) is 1. The second-order valence-corrected chi connectivity index (χ2v) is 7.61. The molecule has 4 heteroatoms. The Balaban J connectivity index is 1.37. The normalized spacial score (nSPS) is 24.6. The van der Waals surface area contributed by atoms with Gasteiger partial charge in [0.2, 0.25) is 5.91 Å². The first-order chi connectivity index (χ1) is 13.3. The highest BCUT2D eigenvalue weighted by Gasteiger charge is 2.46. The number of carbonyl (C=O) groups is 1. The summed E-state index contributed by atoms with van der Waals surface area (Å²) in [5, 5.41) is 3.19. The third-order valence-corrected chi connectivity index (χ3v) is 6.05. The highest BCUT2D eigenvalue weighted by atomic mass is 16.5. The molecular formula is C23H28N2O2. The fraction of sp³-hybridized carbons (Fsp3) is 0.435. The van der Waals surface area contributed by atoms with E-state index in [-0.39, 0.29) is 11.8 Å². The van der Waals surface area contributed by atoms with E-state index in [1.165, 1.54) is 17.5 Å². The van der Waals surface area contributed by atoms with E-state index in [1.807, 2.05) is 18.2 Å². The van der Waals surface area contributed by atoms with Crippen LogP contribution in [0.1, 0.15) is 36.4 Å². The van der Waals surface area contributed by atoms with Crippen molar-refractivity contribution in [2.24, 2.45) is 5.92 Å². The van der Waals surface area contributed by atoms with Gasteiger partial charge in [0.15, 0.2) is 0 Å². The lowest BCUT2D eigenvalue weighted by atomic mass is 9.93. The van der Waals surface area contributed by atoms with E-state index in [1.54, 1.807) is 7.11 Å². The number of benzene rings is 2. The van der Waals surface area contributed by atoms with Crippen molar-refractivity contribution < 1.29 is 9.53 Å². The monoisotopic (exact) mass is 364 g/mol. The molecule has 3 atom stereocenters. The van der Waals surface area contributed by atoms with Gasteiger partial charge in [0.05, 0.1) is 13.0 Å². The molecule has 0 radical (unpaired) electrons. The Morgan fingerprint density at radius 3 is 2.85 bits per heavy atom. The lowest BCUT2D eigenvalue weighted by Crippen LogP contribution is -2.38. The lowest BCUT2D eigenvalue weighted by Gasteiger charge is -2.24. The van der Waals surface area contributed by atoms with Crippen LogP contribution in [-0.4, -0.2) is 37.0 Å². The molecule has 0 aliphatic carbocycles. The van der Waals surface area contributed by atoms with Crippen LogP contribution < -0.4 is 10.1 Å². The summed E-state index contributed by atoms with van der Waals surface area (Å²) < 4.78 is 5.27. The second-order valence-electron chi connectivity index (χ2n) is 7.61. The Morgan fingerprint density at radius 1 is 1.19 bits per heavy atom. The zero-order chi connectivity index (χ0) is 18.6. The van der Waals surface area contributed by atoms with Crippen molar-refractivity contribution in [3.63, 3.8) is 0 Å². The molecule has 1 amide bonds. The Hall–Kier alpha value is -2.33. The van der Waals surface area contributed by atoms with E-state index < -0.39 is 0 Å². The van der Waals surface area contributed by atoms with Crippen molar-refractivity contribution in [1.82, 2.24) is 10.2 Å². The molecule has 0 saturated carbocycles. The van der Waals surface area contributed by atoms with E-state index in [0.29, 0.717) is 18.6 Å². The summed E-state index contributed by atoms with van der Waals surface area (Å²) in [6.45, 7) is 1.78. The summed E-state index contributed by atoms with van der Waals surface area (Å²) in [5.41, 5.74) is 2.53. The largest absolute Gasteiger partial charge is 0.497 e. The third kappa shape index (κ3) is 3.86. The van der Waals surface area contributed by atoms with Gasteiger partial charge < -0.3 is 10.1 Å². The molecule has 2 heterocycles. The van der Waals surface area contributed by atoms with Gasteiger partial charge in [-0.1, -0.05) is 42.5 Å². The molecule has 1 N–H and O–H groups in total. The van der Waals surface area contributed by atoms with Gasteiger partial charge in [-0.2, -0.15) is 0 Å². The molecule has 2 fully saturated rings. The van der Waals surface area contributed by atoms with Gasteiger partial charge in [0.1, 0.15) is 5.75 Å². The summed E-state index contributed by atoms with van der Waals surface area (Å²) in [6, 6.07) is 19.5. The maximum atomic E-state index is 12.9. The molecule has 2 aromatic carbocycles. The maximum absolute atomic E-state index is 12.9. The number of nitrogens with zero attached hydrogens (tertiary/aromatic N) is 1. The van der Waals surface area contributed by atoms with Gasteiger partial charge in [-0.3, -0.25) is 9.69 Å². The van der Waals surface area contributed by atoms with E-state index in [4.69, 9.17) is 4.74 Å². The summed E-state index contributed by atoms with van der Waals surface area (Å²) in [5.74, 6) is 1.18. The van der Waals surface area contributed by atoms with E-state index in [0.717, 1.165) is 31.6 Å². The maximum Gasteiger partial charge on any atom is 0.224 e. The van der Waals surface area contributed by atoms with Crippen molar-refractivity contribution in [2.45, 2.75) is 37.8 Å². The fourth-order valence-corrected chi connectivity index (χ4v) is 4.74. The summed E-state index contributed by atoms with van der Waals surface area (Å²) in [6.07, 6.45) is 4.09. The Labute approximate surface area is 161 Å². The molecule has 0 aromatic heterocycles. The minimum atomic E-state index is 0.100. The molecule has 27 heavy (non-hydrogen) atoms. The first kappa shape index (κ1) is 18.1. The van der Waals surface area contributed by atoms with Crippen LogP contribution in [0.2, 0.25) is 0 Å². The van der Waals surface area contributed by atoms with Crippen LogP contribution in [-0.2, 0) is 11.2 Å². The summed E-state index contributed by atoms with van der Waals surface area (Å²) in [7, 11) is 1.68. The number of fused-ring (bicyclic) bond motifs is 1. The first-order valence-electron chi connectivity index (χ1n) is 9.97. The van der Waals surface area contributed by atoms with Crippen molar-refractivity contribution in [3.05, 3.63) is 65.7 Å². The number of methoxy groups -OCH3 is 1. The van der Waals surface area contributed by atoms with Gasteiger partial charge in [-0.05, 0) is 55.5 Å². The zero-order valence-corrected chi connectivity index (χ0v) is 15.9. The zero-order valence-electron chi connectivity index (χ0n) is 15.9. The number of amides is 1. The van der Waals surface area contributed by atoms with Crippen LogP contribution in [0.25, 0.3) is 0 Å². The highest BCUT2D eigenvalue weighted by Crippen LogP contribution is 2.44. The van der Waals surface area contributed by atoms with Gasteiger partial charge in [0, 0.05) is 18.6 Å². The fourth-order valence-electron chi connectivity index (χ4n) is 4.74. The van der Waals surface area contributed by atoms with Crippen molar-refractivity contribution >= 4 is 5.91 Å². The predicted octanol–water partition coefficient (Wildman–Crippen LogP) is 3.58. The average Bonchev–Trinajstić information content (AvgIpc) is 3.31. The van der Waals surface area contributed by atoms with Crippen LogP contribution in [0.15, 0.2) is 54.6 Å². The van der Waals surface area contributed by atoms with Gasteiger partial charge in [-0.15, -0.1) is 0 Å². The molecule has 2 saturated heterocycles. The van der Waals surface area contributed by atoms with Crippen LogP contribution in [0.5, 0.6) is 5.75 Å². The van der Waals surface area contributed by atoms with Gasteiger partial charge in [0.25, 0.3) is 0 Å². The molecular weight excluding hydrogens is 336 g/mol. The molecule has 2 aliphatic heterocycles. The van der Waals surface area contributed by atoms with Crippen LogP contribution in [0.3, 0.4) is 0 Å². The van der Waals surface area contributed by atoms with Gasteiger partial charge in [-0.25, -0.2) is 0 Å². The molecule has 2 aromatic rings. The van der Waals surface area contributed by atoms with Crippen LogP contribution >= 0.6 is 0 Å². The van der Waals surface area contributed by atoms with Crippen LogP contribution in [0.4, 0.5) is 0 Å². The lowest BCUT2D eigenvalue weighted by molar-refractivity contribution is -0.125. The molecule has 0 bridgehead atoms. The molecule has 4 nitrogen and oxygen atoms in total. The summed E-state index contributed by atoms with van der Waals surface area (Å²) in [4.78, 5) is 15.5. The average molecular weight is 364 g/mol. The number of ether oxygens (including phenoxy) is 1. The number of rotatable bonds is 6. The number of hydrogen-bond donors (Lipinski definition) is 1. The Morgan fingerprint density at radius 2 is 2.04 bits per heavy atom. The molecule has 0 unspecified atom stereocenters. The predicted molar refractivity (Wildman–Crippen MR) is 107 cm³/mol. The molecule has 142 valence electrons. The minimum Gasteiger partial charge on any atom is -0.497 e.